The van der Waals surface area contributed by atoms with Gasteiger partial charge in [-0.15, -0.1) is 0 Å². The first-order valence-corrected chi connectivity index (χ1v) is 6.07. The summed E-state index contributed by atoms with van der Waals surface area (Å²) in [7, 11) is 0. The average molecular weight is 260 g/mol. The summed E-state index contributed by atoms with van der Waals surface area (Å²) in [6.45, 7) is 3.70. The lowest BCUT2D eigenvalue weighted by molar-refractivity contribution is -0.116. The maximum atomic E-state index is 11.8. The van der Waals surface area contributed by atoms with Crippen molar-refractivity contribution in [2.24, 2.45) is 0 Å². The molecule has 0 spiro atoms. The highest BCUT2D eigenvalue weighted by molar-refractivity contribution is 5.91. The average Bonchev–Trinajstić information content (AvgIpc) is 2.67. The van der Waals surface area contributed by atoms with E-state index in [1.54, 1.807) is 18.2 Å². The second kappa shape index (κ2) is 5.56. The molecule has 0 saturated heterocycles. The molecule has 1 aromatic carbocycles. The second-order valence-electron chi connectivity index (χ2n) is 4.40. The van der Waals surface area contributed by atoms with Gasteiger partial charge in [0.25, 0.3) is 0 Å². The fourth-order valence-corrected chi connectivity index (χ4v) is 1.90. The molecule has 0 unspecified atom stereocenters. The van der Waals surface area contributed by atoms with Crippen LogP contribution in [0.2, 0.25) is 0 Å². The van der Waals surface area contributed by atoms with Gasteiger partial charge in [0.15, 0.2) is 0 Å². The van der Waals surface area contributed by atoms with Crippen molar-refractivity contribution in [2.75, 3.05) is 5.32 Å². The van der Waals surface area contributed by atoms with Gasteiger partial charge >= 0.3 is 0 Å². The molecule has 0 aliphatic rings. The number of carbonyl (C=O) groups excluding carboxylic acids is 1. The Hall–Kier alpha value is -2.30. The molecule has 0 saturated carbocycles. The molecule has 19 heavy (non-hydrogen) atoms. The van der Waals surface area contributed by atoms with E-state index in [1.165, 1.54) is 6.07 Å². The van der Waals surface area contributed by atoms with Crippen LogP contribution in [0.4, 0.5) is 5.69 Å². The summed E-state index contributed by atoms with van der Waals surface area (Å²) in [5, 5.41) is 15.9. The van der Waals surface area contributed by atoms with Crippen LogP contribution >= 0.6 is 0 Å². The molecule has 0 fully saturated rings. The number of rotatable bonds is 4. The van der Waals surface area contributed by atoms with E-state index in [9.17, 15) is 9.90 Å². The Kier molecular flexibility index (Phi) is 3.85. The zero-order chi connectivity index (χ0) is 13.8. The van der Waals surface area contributed by atoms with Crippen LogP contribution < -0.4 is 5.32 Å². The highest BCUT2D eigenvalue weighted by Gasteiger charge is 2.11. The van der Waals surface area contributed by atoms with E-state index in [4.69, 9.17) is 4.52 Å². The quantitative estimate of drug-likeness (QED) is 0.885. The Morgan fingerprint density at radius 1 is 1.42 bits per heavy atom. The van der Waals surface area contributed by atoms with Crippen LogP contribution in [0.5, 0.6) is 5.75 Å². The molecule has 5 nitrogen and oxygen atoms in total. The predicted molar refractivity (Wildman–Crippen MR) is 71.0 cm³/mol. The van der Waals surface area contributed by atoms with Crippen LogP contribution in [0, 0.1) is 13.8 Å². The van der Waals surface area contributed by atoms with E-state index in [2.05, 4.69) is 10.5 Å². The summed E-state index contributed by atoms with van der Waals surface area (Å²) in [4.78, 5) is 11.8. The van der Waals surface area contributed by atoms with Crippen molar-refractivity contribution in [3.63, 3.8) is 0 Å². The Balaban J connectivity index is 1.92. The molecule has 2 aromatic rings. The number of aromatic hydroxyl groups is 1. The lowest BCUT2D eigenvalue weighted by Crippen LogP contribution is -2.12. The first kappa shape index (κ1) is 13.1. The van der Waals surface area contributed by atoms with Crippen LogP contribution in [-0.4, -0.2) is 16.2 Å². The van der Waals surface area contributed by atoms with Crippen molar-refractivity contribution < 1.29 is 14.4 Å². The van der Waals surface area contributed by atoms with Gasteiger partial charge in [-0.1, -0.05) is 11.2 Å². The van der Waals surface area contributed by atoms with Crippen LogP contribution in [0.25, 0.3) is 0 Å². The minimum Gasteiger partial charge on any atom is -0.508 e. The number of aromatic nitrogens is 1. The molecule has 2 rings (SSSR count). The van der Waals surface area contributed by atoms with Crippen LogP contribution in [-0.2, 0) is 11.2 Å². The highest BCUT2D eigenvalue weighted by atomic mass is 16.5. The Morgan fingerprint density at radius 2 is 2.21 bits per heavy atom. The first-order chi connectivity index (χ1) is 9.06. The van der Waals surface area contributed by atoms with Gasteiger partial charge in [-0.3, -0.25) is 4.79 Å². The molecular formula is C14H16N2O3. The van der Waals surface area contributed by atoms with Crippen molar-refractivity contribution >= 4 is 11.6 Å². The molecule has 2 N–H and O–H groups in total. The molecule has 0 atom stereocenters. The number of amides is 1. The number of phenols is 1. The van der Waals surface area contributed by atoms with E-state index in [0.717, 1.165) is 17.0 Å². The van der Waals surface area contributed by atoms with Crippen molar-refractivity contribution in [1.29, 1.82) is 0 Å². The zero-order valence-corrected chi connectivity index (χ0v) is 10.9. The lowest BCUT2D eigenvalue weighted by atomic mass is 10.1. The van der Waals surface area contributed by atoms with Gasteiger partial charge in [0.2, 0.25) is 5.91 Å². The number of nitrogens with one attached hydrogen (secondary N) is 1. The maximum Gasteiger partial charge on any atom is 0.224 e. The number of nitrogens with zero attached hydrogens (tertiary/aromatic N) is 1. The number of anilines is 1. The molecule has 100 valence electrons. The van der Waals surface area contributed by atoms with Gasteiger partial charge in [0.1, 0.15) is 11.5 Å². The summed E-state index contributed by atoms with van der Waals surface area (Å²) >= 11 is 0. The molecule has 0 radical (unpaired) electrons. The van der Waals surface area contributed by atoms with Crippen molar-refractivity contribution in [1.82, 2.24) is 5.16 Å². The van der Waals surface area contributed by atoms with Gasteiger partial charge in [0.05, 0.1) is 5.69 Å². The summed E-state index contributed by atoms with van der Waals surface area (Å²) in [5.74, 6) is 0.775. The third-order valence-corrected chi connectivity index (χ3v) is 2.91. The largest absolute Gasteiger partial charge is 0.508 e. The van der Waals surface area contributed by atoms with E-state index >= 15 is 0 Å². The standard InChI is InChI=1S/C14H16N2O3/c1-9-13(10(2)19-16-9)6-7-14(18)15-11-4-3-5-12(17)8-11/h3-5,8,17H,6-7H2,1-2H3,(H,15,18). The smallest absolute Gasteiger partial charge is 0.224 e. The fourth-order valence-electron chi connectivity index (χ4n) is 1.90. The third-order valence-electron chi connectivity index (χ3n) is 2.91. The number of benzene rings is 1. The van der Waals surface area contributed by atoms with Crippen LogP contribution in [0.3, 0.4) is 0 Å². The van der Waals surface area contributed by atoms with Crippen molar-refractivity contribution in [2.45, 2.75) is 26.7 Å². The van der Waals surface area contributed by atoms with E-state index in [-0.39, 0.29) is 11.7 Å². The lowest BCUT2D eigenvalue weighted by Gasteiger charge is -2.05. The molecule has 1 amide bonds. The Morgan fingerprint density at radius 3 is 2.84 bits per heavy atom. The van der Waals surface area contributed by atoms with E-state index in [0.29, 0.717) is 18.5 Å². The van der Waals surface area contributed by atoms with Gasteiger partial charge in [-0.2, -0.15) is 0 Å². The highest BCUT2D eigenvalue weighted by Crippen LogP contribution is 2.17. The maximum absolute atomic E-state index is 11.8. The van der Waals surface area contributed by atoms with Gasteiger partial charge < -0.3 is 14.9 Å². The Bertz CT molecular complexity index is 571. The summed E-state index contributed by atoms with van der Waals surface area (Å²) in [5.41, 5.74) is 2.39. The van der Waals surface area contributed by atoms with Crippen molar-refractivity contribution in [3.8, 4) is 5.75 Å². The summed E-state index contributed by atoms with van der Waals surface area (Å²) in [6, 6.07) is 6.47. The third kappa shape index (κ3) is 3.34. The fraction of sp³-hybridized carbons (Fsp3) is 0.286. The minimum atomic E-state index is -0.106. The van der Waals surface area contributed by atoms with Crippen LogP contribution in [0.1, 0.15) is 23.4 Å². The zero-order valence-electron chi connectivity index (χ0n) is 10.9. The second-order valence-corrected chi connectivity index (χ2v) is 4.40. The van der Waals surface area contributed by atoms with Gasteiger partial charge in [-0.05, 0) is 32.4 Å². The van der Waals surface area contributed by atoms with E-state index in [1.807, 2.05) is 13.8 Å². The number of phenolic OH excluding ortho intramolecular Hbond substituents is 1. The molecule has 1 aromatic heterocycles. The molecule has 1 heterocycles. The number of aryl methyl sites for hydroxylation is 2. The summed E-state index contributed by atoms with van der Waals surface area (Å²) < 4.78 is 5.05. The molecule has 5 heteroatoms. The normalized spacial score (nSPS) is 10.4. The first-order valence-electron chi connectivity index (χ1n) is 6.07. The SMILES string of the molecule is Cc1noc(C)c1CCC(=O)Nc1cccc(O)c1. The minimum absolute atomic E-state index is 0.106. The topological polar surface area (TPSA) is 75.4 Å². The number of carbonyl (C=O) groups is 1. The Labute approximate surface area is 111 Å². The predicted octanol–water partition coefficient (Wildman–Crippen LogP) is 2.57. The molecule has 0 aliphatic heterocycles. The van der Waals surface area contributed by atoms with Gasteiger partial charge in [-0.25, -0.2) is 0 Å². The monoisotopic (exact) mass is 260 g/mol. The molecule has 0 aliphatic carbocycles. The number of hydrogen-bond donors (Lipinski definition) is 2. The molecule has 0 bridgehead atoms. The van der Waals surface area contributed by atoms with Crippen molar-refractivity contribution in [3.05, 3.63) is 41.3 Å². The number of hydrogen-bond acceptors (Lipinski definition) is 4. The summed E-state index contributed by atoms with van der Waals surface area (Å²) in [6.07, 6.45) is 0.935. The van der Waals surface area contributed by atoms with E-state index < -0.39 is 0 Å². The van der Waals surface area contributed by atoms with Crippen LogP contribution in [0.15, 0.2) is 28.8 Å². The molecular weight excluding hydrogens is 244 g/mol. The van der Waals surface area contributed by atoms with Gasteiger partial charge in [0, 0.05) is 23.7 Å².